The largest absolute Gasteiger partial charge is 0.481 e. The SMILES string of the molecule is CCCC(CCC)N(C(=O)CN1C[C@H](c2ccc3c(c2)OCO3)C(C(=O)O)[C@@H]1CCn1ccccc1=O)c1ccc(F)c(C)c1. The number of aromatic nitrogens is 1. The van der Waals surface area contributed by atoms with Crippen LogP contribution in [-0.2, 0) is 16.1 Å². The van der Waals surface area contributed by atoms with Gasteiger partial charge in [-0.25, -0.2) is 4.39 Å². The number of benzene rings is 2. The maximum absolute atomic E-state index is 14.4. The number of halogens is 1. The van der Waals surface area contributed by atoms with E-state index in [0.29, 0.717) is 42.3 Å². The summed E-state index contributed by atoms with van der Waals surface area (Å²) in [5, 5.41) is 10.6. The number of carboxylic acids is 1. The highest BCUT2D eigenvalue weighted by Gasteiger charge is 2.47. The maximum Gasteiger partial charge on any atom is 0.308 e. The van der Waals surface area contributed by atoms with Gasteiger partial charge in [-0.15, -0.1) is 0 Å². The minimum atomic E-state index is -0.959. The third kappa shape index (κ3) is 7.06. The average Bonchev–Trinajstić information content (AvgIpc) is 3.63. The van der Waals surface area contributed by atoms with Crippen molar-refractivity contribution in [2.75, 3.05) is 24.8 Å². The summed E-state index contributed by atoms with van der Waals surface area (Å²) in [4.78, 5) is 43.6. The van der Waals surface area contributed by atoms with E-state index in [4.69, 9.17) is 9.47 Å². The van der Waals surface area contributed by atoms with Crippen molar-refractivity contribution in [1.29, 1.82) is 0 Å². The molecule has 1 saturated heterocycles. The van der Waals surface area contributed by atoms with E-state index in [0.717, 1.165) is 31.2 Å². The molecule has 3 heterocycles. The van der Waals surface area contributed by atoms with Crippen LogP contribution in [0.25, 0.3) is 0 Å². The van der Waals surface area contributed by atoms with Crippen LogP contribution in [-0.4, -0.2) is 58.4 Å². The lowest BCUT2D eigenvalue weighted by atomic mass is 9.84. The summed E-state index contributed by atoms with van der Waals surface area (Å²) in [6.07, 6.45) is 5.37. The number of aryl methyl sites for hydroxylation is 2. The van der Waals surface area contributed by atoms with Crippen LogP contribution in [0.15, 0.2) is 65.6 Å². The Morgan fingerprint density at radius 1 is 1.04 bits per heavy atom. The number of pyridine rings is 1. The van der Waals surface area contributed by atoms with Gasteiger partial charge >= 0.3 is 5.97 Å². The summed E-state index contributed by atoms with van der Waals surface area (Å²) >= 11 is 0. The summed E-state index contributed by atoms with van der Waals surface area (Å²) in [5.41, 5.74) is 1.72. The Morgan fingerprint density at radius 2 is 1.80 bits per heavy atom. The molecule has 1 amide bonds. The first-order valence-electron chi connectivity index (χ1n) is 15.8. The molecule has 2 aromatic carbocycles. The molecule has 0 spiro atoms. The smallest absolute Gasteiger partial charge is 0.308 e. The first-order valence-corrected chi connectivity index (χ1v) is 15.8. The lowest BCUT2D eigenvalue weighted by molar-refractivity contribution is -0.143. The number of hydrogen-bond donors (Lipinski definition) is 1. The second-order valence-electron chi connectivity index (χ2n) is 12.0. The number of amides is 1. The standard InChI is InChI=1S/C35H42FN3O6/c1-4-8-25(9-5-2)39(26-12-13-28(36)23(3)18-26)33(41)21-38-20-27(24-11-14-30-31(19-24)45-22-44-30)34(35(42)43)29(38)15-17-37-16-7-6-10-32(37)40/h6-7,10-14,16,18-19,25,27,29,34H,4-5,8-9,15,17,20-22H2,1-3H3,(H,42,43)/t27-,29+,34?/m1/s1. The van der Waals surface area contributed by atoms with Crippen molar-refractivity contribution in [3.8, 4) is 11.5 Å². The topological polar surface area (TPSA) is 101 Å². The predicted octanol–water partition coefficient (Wildman–Crippen LogP) is 5.59. The quantitative estimate of drug-likeness (QED) is 0.266. The van der Waals surface area contributed by atoms with E-state index in [1.165, 1.54) is 12.1 Å². The zero-order valence-corrected chi connectivity index (χ0v) is 26.2. The van der Waals surface area contributed by atoms with E-state index >= 15 is 0 Å². The van der Waals surface area contributed by atoms with Crippen LogP contribution in [0, 0.1) is 18.7 Å². The van der Waals surface area contributed by atoms with Gasteiger partial charge in [-0.1, -0.05) is 38.8 Å². The number of carbonyl (C=O) groups is 2. The lowest BCUT2D eigenvalue weighted by Crippen LogP contribution is -2.48. The molecule has 1 fully saturated rings. The number of fused-ring (bicyclic) bond motifs is 1. The Morgan fingerprint density at radius 3 is 2.49 bits per heavy atom. The summed E-state index contributed by atoms with van der Waals surface area (Å²) in [7, 11) is 0. The molecule has 45 heavy (non-hydrogen) atoms. The van der Waals surface area contributed by atoms with Gasteiger partial charge in [0.25, 0.3) is 0 Å². The second-order valence-corrected chi connectivity index (χ2v) is 12.0. The van der Waals surface area contributed by atoms with Crippen molar-refractivity contribution in [2.45, 2.75) is 77.4 Å². The summed E-state index contributed by atoms with van der Waals surface area (Å²) < 4.78 is 26.9. The van der Waals surface area contributed by atoms with Crippen molar-refractivity contribution in [2.24, 2.45) is 5.92 Å². The molecule has 2 aliphatic rings. The second kappa shape index (κ2) is 14.3. The Hall–Kier alpha value is -4.18. The first kappa shape index (κ1) is 32.2. The van der Waals surface area contributed by atoms with Crippen molar-refractivity contribution in [3.63, 3.8) is 0 Å². The molecule has 0 bridgehead atoms. The minimum absolute atomic E-state index is 0.0143. The van der Waals surface area contributed by atoms with Crippen molar-refractivity contribution in [3.05, 3.63) is 88.1 Å². The van der Waals surface area contributed by atoms with E-state index in [9.17, 15) is 23.9 Å². The molecular weight excluding hydrogens is 577 g/mol. The van der Waals surface area contributed by atoms with Crippen LogP contribution in [0.3, 0.4) is 0 Å². The van der Waals surface area contributed by atoms with Crippen molar-refractivity contribution in [1.82, 2.24) is 9.47 Å². The number of aliphatic carboxylic acids is 1. The molecule has 3 atom stereocenters. The number of likely N-dealkylation sites (tertiary alicyclic amines) is 1. The van der Waals surface area contributed by atoms with E-state index in [1.807, 2.05) is 17.0 Å². The summed E-state index contributed by atoms with van der Waals surface area (Å²) in [6.45, 7) is 6.58. The van der Waals surface area contributed by atoms with E-state index in [-0.39, 0.29) is 36.7 Å². The maximum atomic E-state index is 14.4. The molecule has 1 unspecified atom stereocenters. The van der Waals surface area contributed by atoms with Crippen LogP contribution in [0.1, 0.15) is 63.0 Å². The molecule has 0 aliphatic carbocycles. The van der Waals surface area contributed by atoms with Gasteiger partial charge in [0.15, 0.2) is 11.5 Å². The molecule has 0 radical (unpaired) electrons. The van der Waals surface area contributed by atoms with Gasteiger partial charge in [0, 0.05) is 49.0 Å². The van der Waals surface area contributed by atoms with E-state index in [2.05, 4.69) is 13.8 Å². The first-order chi connectivity index (χ1) is 21.7. The molecule has 240 valence electrons. The Bertz CT molecular complexity index is 1570. The molecule has 2 aliphatic heterocycles. The summed E-state index contributed by atoms with van der Waals surface area (Å²) in [5.74, 6) is -1.53. The highest BCUT2D eigenvalue weighted by Crippen LogP contribution is 2.43. The molecule has 1 N–H and O–H groups in total. The fraction of sp³-hybridized carbons (Fsp3) is 0.457. The molecule has 5 rings (SSSR count). The molecule has 9 nitrogen and oxygen atoms in total. The monoisotopic (exact) mass is 619 g/mol. The normalized spacial score (nSPS) is 19.3. The zero-order chi connectivity index (χ0) is 32.1. The number of carboxylic acid groups (broad SMARTS) is 1. The van der Waals surface area contributed by atoms with Crippen LogP contribution >= 0.6 is 0 Å². The van der Waals surface area contributed by atoms with Crippen LogP contribution in [0.5, 0.6) is 11.5 Å². The highest BCUT2D eigenvalue weighted by molar-refractivity contribution is 5.95. The number of rotatable bonds is 13. The molecule has 0 saturated carbocycles. The molecule has 1 aromatic heterocycles. The predicted molar refractivity (Wildman–Crippen MR) is 169 cm³/mol. The Balaban J connectivity index is 1.50. The number of nitrogens with zero attached hydrogens (tertiary/aromatic N) is 3. The third-order valence-electron chi connectivity index (χ3n) is 9.06. The van der Waals surface area contributed by atoms with Gasteiger partial charge in [-0.05, 0) is 73.7 Å². The molecule has 3 aromatic rings. The van der Waals surface area contributed by atoms with Gasteiger partial charge in [0.05, 0.1) is 12.5 Å². The van der Waals surface area contributed by atoms with Crippen molar-refractivity contribution < 1.29 is 28.6 Å². The van der Waals surface area contributed by atoms with E-state index < -0.39 is 23.8 Å². The average molecular weight is 620 g/mol. The molecule has 10 heteroatoms. The lowest BCUT2D eigenvalue weighted by Gasteiger charge is -2.35. The Labute approximate surface area is 263 Å². The van der Waals surface area contributed by atoms with Crippen LogP contribution in [0.4, 0.5) is 10.1 Å². The highest BCUT2D eigenvalue weighted by atomic mass is 19.1. The number of anilines is 1. The van der Waals surface area contributed by atoms with Gasteiger partial charge in [-0.2, -0.15) is 0 Å². The van der Waals surface area contributed by atoms with Gasteiger partial charge in [0.1, 0.15) is 5.82 Å². The van der Waals surface area contributed by atoms with Gasteiger partial charge in [-0.3, -0.25) is 19.3 Å². The molecular formula is C35H42FN3O6. The number of ether oxygens (including phenoxy) is 2. The Kier molecular flexibility index (Phi) is 10.2. The van der Waals surface area contributed by atoms with E-state index in [1.54, 1.807) is 52.9 Å². The zero-order valence-electron chi connectivity index (χ0n) is 26.2. The number of carbonyl (C=O) groups excluding carboxylic acids is 1. The van der Waals surface area contributed by atoms with Crippen LogP contribution < -0.4 is 19.9 Å². The van der Waals surface area contributed by atoms with Crippen LogP contribution in [0.2, 0.25) is 0 Å². The number of hydrogen-bond acceptors (Lipinski definition) is 6. The van der Waals surface area contributed by atoms with Gasteiger partial charge < -0.3 is 24.0 Å². The van der Waals surface area contributed by atoms with Crippen molar-refractivity contribution >= 4 is 17.6 Å². The van der Waals surface area contributed by atoms with Gasteiger partial charge in [0.2, 0.25) is 18.3 Å². The fourth-order valence-electron chi connectivity index (χ4n) is 6.91. The summed E-state index contributed by atoms with van der Waals surface area (Å²) in [6, 6.07) is 14.6. The minimum Gasteiger partial charge on any atom is -0.481 e. The third-order valence-corrected chi connectivity index (χ3v) is 9.06. The fourth-order valence-corrected chi connectivity index (χ4v) is 6.91.